The maximum atomic E-state index is 12.3. The zero-order valence-electron chi connectivity index (χ0n) is 17.6. The van der Waals surface area contributed by atoms with Crippen LogP contribution in [-0.2, 0) is 26.6 Å². The van der Waals surface area contributed by atoms with E-state index in [-0.39, 0.29) is 43.8 Å². The first-order chi connectivity index (χ1) is 15.8. The highest BCUT2D eigenvalue weighted by molar-refractivity contribution is 9.10. The molecule has 2 aromatic rings. The average Bonchev–Trinajstić information content (AvgIpc) is 2.72. The van der Waals surface area contributed by atoms with E-state index in [4.69, 9.17) is 79.1 Å². The summed E-state index contributed by atoms with van der Waals surface area (Å²) in [7, 11) is 0. The Morgan fingerprint density at radius 2 is 1.35 bits per heavy atom. The number of ether oxygens (including phenoxy) is 2. The molecule has 8 nitrogen and oxygen atoms in total. The van der Waals surface area contributed by atoms with Gasteiger partial charge in [-0.25, -0.2) is 15.0 Å². The van der Waals surface area contributed by atoms with Crippen molar-refractivity contribution in [3.63, 3.8) is 0 Å². The fourth-order valence-corrected chi connectivity index (χ4v) is 3.51. The number of benzene rings is 1. The third-order valence-corrected chi connectivity index (χ3v) is 5.44. The zero-order chi connectivity index (χ0) is 25.7. The number of rotatable bonds is 8. The van der Waals surface area contributed by atoms with Gasteiger partial charge in [0.05, 0.1) is 13.2 Å². The highest BCUT2D eigenvalue weighted by atomic mass is 79.9. The molecule has 1 aromatic carbocycles. The summed E-state index contributed by atoms with van der Waals surface area (Å²) < 4.78 is 6.60. The molecule has 0 unspecified atom stereocenters. The predicted octanol–water partition coefficient (Wildman–Crippen LogP) is 5.89. The van der Waals surface area contributed by atoms with Gasteiger partial charge in [0.15, 0.2) is 17.5 Å². The van der Waals surface area contributed by atoms with E-state index in [1.54, 1.807) is 32.0 Å². The molecule has 0 spiro atoms. The summed E-state index contributed by atoms with van der Waals surface area (Å²) in [4.78, 5) is 38.4. The molecule has 0 radical (unpaired) electrons. The first-order valence-corrected chi connectivity index (χ1v) is 12.6. The minimum absolute atomic E-state index is 0.0298. The maximum absolute atomic E-state index is 12.3. The van der Waals surface area contributed by atoms with E-state index in [1.165, 1.54) is 4.90 Å². The van der Waals surface area contributed by atoms with Crippen LogP contribution in [0.15, 0.2) is 22.7 Å². The molecule has 0 aliphatic rings. The van der Waals surface area contributed by atoms with Gasteiger partial charge >= 0.3 is 11.9 Å². The standard InChI is InChI=1S/C19H17BrCl6N4O4/c1-3-33-13(31)8-30(9-14(32)34-4-2)12-7-10(20)5-6-11(12)15-27-16(18(21,22)23)29-17(28-15)19(24,25)26/h5-7H,3-4,8-9H2,1-2H3. The van der Waals surface area contributed by atoms with E-state index in [9.17, 15) is 9.59 Å². The first-order valence-electron chi connectivity index (χ1n) is 9.52. The van der Waals surface area contributed by atoms with Crippen molar-refractivity contribution in [1.29, 1.82) is 0 Å². The van der Waals surface area contributed by atoms with E-state index in [2.05, 4.69) is 30.9 Å². The Morgan fingerprint density at radius 1 is 0.882 bits per heavy atom. The highest BCUT2D eigenvalue weighted by Crippen LogP contribution is 2.42. The lowest BCUT2D eigenvalue weighted by Crippen LogP contribution is -2.36. The van der Waals surface area contributed by atoms with Crippen LogP contribution >= 0.6 is 85.5 Å². The smallest absolute Gasteiger partial charge is 0.325 e. The predicted molar refractivity (Wildman–Crippen MR) is 137 cm³/mol. The molecule has 0 fully saturated rings. The van der Waals surface area contributed by atoms with Gasteiger partial charge in [0.25, 0.3) is 0 Å². The Labute approximate surface area is 234 Å². The Bertz CT molecular complexity index is 996. The van der Waals surface area contributed by atoms with Crippen LogP contribution in [0, 0.1) is 0 Å². The molecule has 1 aromatic heterocycles. The number of alkyl halides is 6. The van der Waals surface area contributed by atoms with Gasteiger partial charge in [-0.3, -0.25) is 9.59 Å². The fourth-order valence-electron chi connectivity index (χ4n) is 2.66. The molecule has 0 aliphatic carbocycles. The van der Waals surface area contributed by atoms with E-state index >= 15 is 0 Å². The van der Waals surface area contributed by atoms with Gasteiger partial charge < -0.3 is 14.4 Å². The number of carbonyl (C=O) groups excluding carboxylic acids is 2. The van der Waals surface area contributed by atoms with Gasteiger partial charge in [-0.2, -0.15) is 0 Å². The van der Waals surface area contributed by atoms with Crippen molar-refractivity contribution in [3.8, 4) is 11.4 Å². The third kappa shape index (κ3) is 8.40. The molecule has 2 rings (SSSR count). The minimum Gasteiger partial charge on any atom is -0.465 e. The van der Waals surface area contributed by atoms with Gasteiger partial charge in [-0.05, 0) is 32.0 Å². The molecule has 0 bridgehead atoms. The number of nitrogens with zero attached hydrogens (tertiary/aromatic N) is 4. The molecule has 1 heterocycles. The summed E-state index contributed by atoms with van der Waals surface area (Å²) in [6, 6.07) is 4.93. The molecular weight excluding hydrogens is 641 g/mol. The van der Waals surface area contributed by atoms with Gasteiger partial charge in [0, 0.05) is 15.7 Å². The molecule has 34 heavy (non-hydrogen) atoms. The number of carbonyl (C=O) groups is 2. The van der Waals surface area contributed by atoms with Crippen LogP contribution in [0.2, 0.25) is 0 Å². The average molecular weight is 658 g/mol. The van der Waals surface area contributed by atoms with Crippen LogP contribution in [0.4, 0.5) is 5.69 Å². The summed E-state index contributed by atoms with van der Waals surface area (Å²) in [5, 5.41) is 0. The second kappa shape index (κ2) is 12.4. The summed E-state index contributed by atoms with van der Waals surface area (Å²) in [5.41, 5.74) is 0.678. The Balaban J connectivity index is 2.72. The summed E-state index contributed by atoms with van der Waals surface area (Å²) in [6.45, 7) is 3.08. The fraction of sp³-hybridized carbons (Fsp3) is 0.421. The van der Waals surface area contributed by atoms with Gasteiger partial charge in [0.2, 0.25) is 7.59 Å². The summed E-state index contributed by atoms with van der Waals surface area (Å²) >= 11 is 39.3. The third-order valence-electron chi connectivity index (χ3n) is 3.93. The number of hydrogen-bond donors (Lipinski definition) is 0. The SMILES string of the molecule is CCOC(=O)CN(CC(=O)OCC)c1cc(Br)ccc1-c1nc(C(Cl)(Cl)Cl)nc(C(Cl)(Cl)Cl)n1. The number of esters is 2. The van der Waals surface area contributed by atoms with Gasteiger partial charge in [-0.1, -0.05) is 85.5 Å². The lowest BCUT2D eigenvalue weighted by Gasteiger charge is -2.25. The molecule has 0 atom stereocenters. The summed E-state index contributed by atoms with van der Waals surface area (Å²) in [5.74, 6) is -1.76. The molecule has 186 valence electrons. The van der Waals surface area contributed by atoms with Crippen molar-refractivity contribution in [1.82, 2.24) is 15.0 Å². The number of hydrogen-bond acceptors (Lipinski definition) is 8. The number of anilines is 1. The van der Waals surface area contributed by atoms with Crippen molar-refractivity contribution < 1.29 is 19.1 Å². The maximum Gasteiger partial charge on any atom is 0.325 e. The highest BCUT2D eigenvalue weighted by Gasteiger charge is 2.34. The van der Waals surface area contributed by atoms with Crippen LogP contribution in [0.5, 0.6) is 0 Å². The van der Waals surface area contributed by atoms with Crippen LogP contribution in [0.3, 0.4) is 0 Å². The van der Waals surface area contributed by atoms with Crippen molar-refractivity contribution in [2.45, 2.75) is 21.4 Å². The van der Waals surface area contributed by atoms with Crippen LogP contribution in [-0.4, -0.2) is 53.2 Å². The molecule has 0 saturated carbocycles. The molecule has 0 amide bonds. The largest absolute Gasteiger partial charge is 0.465 e. The number of halogens is 7. The second-order valence-electron chi connectivity index (χ2n) is 6.43. The molecule has 0 N–H and O–H groups in total. The van der Waals surface area contributed by atoms with Crippen molar-refractivity contribution in [3.05, 3.63) is 34.3 Å². The second-order valence-corrected chi connectivity index (χ2v) is 11.9. The Morgan fingerprint density at radius 3 is 1.76 bits per heavy atom. The van der Waals surface area contributed by atoms with Crippen LogP contribution in [0.25, 0.3) is 11.4 Å². The molecule has 0 aliphatic heterocycles. The summed E-state index contributed by atoms with van der Waals surface area (Å²) in [6.07, 6.45) is 0. The molecule has 0 saturated heterocycles. The monoisotopic (exact) mass is 654 g/mol. The topological polar surface area (TPSA) is 94.5 Å². The van der Waals surface area contributed by atoms with E-state index in [0.29, 0.717) is 15.7 Å². The van der Waals surface area contributed by atoms with E-state index in [0.717, 1.165) is 0 Å². The van der Waals surface area contributed by atoms with E-state index < -0.39 is 19.5 Å². The zero-order valence-corrected chi connectivity index (χ0v) is 23.7. The van der Waals surface area contributed by atoms with Crippen LogP contribution < -0.4 is 4.90 Å². The lowest BCUT2D eigenvalue weighted by molar-refractivity contribution is -0.142. The van der Waals surface area contributed by atoms with Gasteiger partial charge in [0.1, 0.15) is 13.1 Å². The van der Waals surface area contributed by atoms with E-state index in [1.807, 2.05) is 0 Å². The van der Waals surface area contributed by atoms with Crippen molar-refractivity contribution in [2.75, 3.05) is 31.2 Å². The van der Waals surface area contributed by atoms with Gasteiger partial charge in [-0.15, -0.1) is 0 Å². The number of aromatic nitrogens is 3. The normalized spacial score (nSPS) is 11.8. The minimum atomic E-state index is -2.06. The first kappa shape index (κ1) is 29.4. The molecule has 15 heteroatoms. The lowest BCUT2D eigenvalue weighted by atomic mass is 10.1. The quantitative estimate of drug-likeness (QED) is 0.257. The van der Waals surface area contributed by atoms with Crippen molar-refractivity contribution >= 4 is 103 Å². The van der Waals surface area contributed by atoms with Crippen LogP contribution in [0.1, 0.15) is 25.5 Å². The Hall–Kier alpha value is -0.810. The van der Waals surface area contributed by atoms with Crippen molar-refractivity contribution in [2.24, 2.45) is 0 Å². The molecular formula is C19H17BrCl6N4O4. The Kier molecular flexibility index (Phi) is 10.8.